The number of fused-ring (bicyclic) bond motifs is 1. The molecule has 0 fully saturated rings. The second-order valence-electron chi connectivity index (χ2n) is 8.64. The largest absolute Gasteiger partial charge is 0.352 e. The van der Waals surface area contributed by atoms with Gasteiger partial charge in [0.1, 0.15) is 6.04 Å². The predicted octanol–water partition coefficient (Wildman–Crippen LogP) is 6.80. The van der Waals surface area contributed by atoms with Crippen LogP contribution < -0.4 is 5.32 Å². The van der Waals surface area contributed by atoms with Crippen LogP contribution >= 0.6 is 23.2 Å². The lowest BCUT2D eigenvalue weighted by molar-refractivity contribution is -0.141. The quantitative estimate of drug-likeness (QED) is 0.334. The Morgan fingerprint density at radius 2 is 1.68 bits per heavy atom. The van der Waals surface area contributed by atoms with Crippen molar-refractivity contribution in [1.82, 2.24) is 10.2 Å². The summed E-state index contributed by atoms with van der Waals surface area (Å²) >= 11 is 12.5. The Morgan fingerprint density at radius 3 is 2.38 bits per heavy atom. The Kier molecular flexibility index (Phi) is 9.37. The normalized spacial score (nSPS) is 12.9. The van der Waals surface area contributed by atoms with E-state index in [0.29, 0.717) is 29.3 Å². The van der Waals surface area contributed by atoms with Crippen molar-refractivity contribution >= 4 is 45.8 Å². The van der Waals surface area contributed by atoms with E-state index in [4.69, 9.17) is 23.2 Å². The van der Waals surface area contributed by atoms with Gasteiger partial charge in [0.05, 0.1) is 0 Å². The number of amides is 2. The fraction of sp³-hybridized carbons (Fsp3) is 0.357. The Balaban J connectivity index is 1.86. The van der Waals surface area contributed by atoms with Crippen molar-refractivity contribution in [2.75, 3.05) is 0 Å². The molecule has 2 unspecified atom stereocenters. The highest BCUT2D eigenvalue weighted by Gasteiger charge is 2.29. The third-order valence-corrected chi connectivity index (χ3v) is 6.82. The van der Waals surface area contributed by atoms with Gasteiger partial charge in [0.2, 0.25) is 11.8 Å². The molecular formula is C28H32Cl2N2O2. The first kappa shape index (κ1) is 26.1. The topological polar surface area (TPSA) is 49.4 Å². The van der Waals surface area contributed by atoms with Crippen molar-refractivity contribution in [2.45, 2.75) is 65.1 Å². The fourth-order valence-corrected chi connectivity index (χ4v) is 4.56. The molecule has 0 aliphatic carbocycles. The van der Waals surface area contributed by atoms with Gasteiger partial charge in [-0.2, -0.15) is 0 Å². The van der Waals surface area contributed by atoms with Crippen molar-refractivity contribution in [3.8, 4) is 0 Å². The van der Waals surface area contributed by atoms with Crippen LogP contribution in [0.15, 0.2) is 60.7 Å². The minimum absolute atomic E-state index is 0.0355. The van der Waals surface area contributed by atoms with Crippen molar-refractivity contribution in [3.05, 3.63) is 81.8 Å². The molecule has 0 saturated heterocycles. The lowest BCUT2D eigenvalue weighted by Crippen LogP contribution is -2.50. The first-order valence-corrected chi connectivity index (χ1v) is 12.6. The van der Waals surface area contributed by atoms with Crippen LogP contribution in [0.4, 0.5) is 0 Å². The molecule has 0 bridgehead atoms. The molecule has 0 radical (unpaired) electrons. The second kappa shape index (κ2) is 12.2. The molecule has 2 atom stereocenters. The molecule has 0 saturated carbocycles. The lowest BCUT2D eigenvalue weighted by atomic mass is 10.00. The highest BCUT2D eigenvalue weighted by atomic mass is 35.5. The average molecular weight is 499 g/mol. The summed E-state index contributed by atoms with van der Waals surface area (Å²) in [4.78, 5) is 28.3. The van der Waals surface area contributed by atoms with Crippen LogP contribution in [0.2, 0.25) is 10.0 Å². The van der Waals surface area contributed by atoms with Gasteiger partial charge in [-0.3, -0.25) is 9.59 Å². The number of hydrogen-bond donors (Lipinski definition) is 1. The number of halogens is 2. The number of nitrogens with zero attached hydrogens (tertiary/aromatic N) is 1. The molecule has 34 heavy (non-hydrogen) atoms. The fourth-order valence-electron chi connectivity index (χ4n) is 4.09. The first-order chi connectivity index (χ1) is 16.3. The third-order valence-electron chi connectivity index (χ3n) is 6.23. The number of aryl methyl sites for hydroxylation is 1. The zero-order valence-corrected chi connectivity index (χ0v) is 21.5. The summed E-state index contributed by atoms with van der Waals surface area (Å²) in [6, 6.07) is 19.0. The average Bonchev–Trinajstić information content (AvgIpc) is 2.83. The van der Waals surface area contributed by atoms with Crippen molar-refractivity contribution in [3.63, 3.8) is 0 Å². The number of carbonyl (C=O) groups is 2. The molecule has 180 valence electrons. The van der Waals surface area contributed by atoms with E-state index in [1.165, 1.54) is 0 Å². The van der Waals surface area contributed by atoms with Crippen molar-refractivity contribution in [2.24, 2.45) is 0 Å². The van der Waals surface area contributed by atoms with Crippen molar-refractivity contribution in [1.29, 1.82) is 0 Å². The van der Waals surface area contributed by atoms with E-state index in [2.05, 4.69) is 29.6 Å². The summed E-state index contributed by atoms with van der Waals surface area (Å²) in [6.45, 7) is 6.16. The predicted molar refractivity (Wildman–Crippen MR) is 141 cm³/mol. The molecule has 4 nitrogen and oxygen atoms in total. The second-order valence-corrected chi connectivity index (χ2v) is 9.48. The van der Waals surface area contributed by atoms with Gasteiger partial charge in [0.25, 0.3) is 0 Å². The van der Waals surface area contributed by atoms with Gasteiger partial charge in [0.15, 0.2) is 0 Å². The molecule has 1 N–H and O–H groups in total. The lowest BCUT2D eigenvalue weighted by Gasteiger charge is -2.32. The van der Waals surface area contributed by atoms with E-state index >= 15 is 0 Å². The molecular weight excluding hydrogens is 467 g/mol. The standard InChI is InChI=1S/C28H32Cl2N2O2/c1-4-19(3)31-28(34)26(5-2)32(18-22-13-15-23(29)17-25(22)30)27(33)16-14-21-11-8-10-20-9-6-7-12-24(20)21/h6-13,15,17,19,26H,4-5,14,16,18H2,1-3H3,(H,31,34). The summed E-state index contributed by atoms with van der Waals surface area (Å²) in [6.07, 6.45) is 2.22. The highest BCUT2D eigenvalue weighted by Crippen LogP contribution is 2.25. The minimum Gasteiger partial charge on any atom is -0.352 e. The Hall–Kier alpha value is -2.56. The van der Waals surface area contributed by atoms with E-state index in [1.54, 1.807) is 17.0 Å². The van der Waals surface area contributed by atoms with Crippen LogP contribution in [0, 0.1) is 0 Å². The van der Waals surface area contributed by atoms with Crippen LogP contribution in [0.25, 0.3) is 10.8 Å². The van der Waals surface area contributed by atoms with Crippen molar-refractivity contribution < 1.29 is 9.59 Å². The first-order valence-electron chi connectivity index (χ1n) is 11.8. The van der Waals surface area contributed by atoms with Crippen LogP contribution in [-0.2, 0) is 22.6 Å². The Bertz CT molecular complexity index is 1140. The molecule has 0 aliphatic rings. The minimum atomic E-state index is -0.583. The van der Waals surface area contributed by atoms with Gasteiger partial charge in [-0.05, 0) is 60.2 Å². The van der Waals surface area contributed by atoms with Gasteiger partial charge >= 0.3 is 0 Å². The maximum Gasteiger partial charge on any atom is 0.243 e. The molecule has 3 aromatic carbocycles. The molecule has 0 spiro atoms. The number of carbonyl (C=O) groups excluding carboxylic acids is 2. The van der Waals surface area contributed by atoms with E-state index in [0.717, 1.165) is 28.3 Å². The van der Waals surface area contributed by atoms with E-state index in [-0.39, 0.29) is 24.4 Å². The van der Waals surface area contributed by atoms with Crippen LogP contribution in [0.1, 0.15) is 51.2 Å². The molecule has 3 rings (SSSR count). The Labute approximate surface area is 212 Å². The molecule has 2 amide bonds. The van der Waals surface area contributed by atoms with Gasteiger partial charge in [-0.25, -0.2) is 0 Å². The zero-order chi connectivity index (χ0) is 24.7. The summed E-state index contributed by atoms with van der Waals surface area (Å²) in [5.41, 5.74) is 1.88. The SMILES string of the molecule is CCC(C)NC(=O)C(CC)N(Cc1ccc(Cl)cc1Cl)C(=O)CCc1cccc2ccccc12. The molecule has 0 aliphatic heterocycles. The van der Waals surface area contributed by atoms with Crippen LogP contribution in [0.3, 0.4) is 0 Å². The number of rotatable bonds is 10. The molecule has 3 aromatic rings. The number of hydrogen-bond acceptors (Lipinski definition) is 2. The van der Waals surface area contributed by atoms with Gasteiger partial charge in [0, 0.05) is 29.1 Å². The number of nitrogens with one attached hydrogen (secondary N) is 1. The number of benzene rings is 3. The third kappa shape index (κ3) is 6.52. The molecule has 0 aromatic heterocycles. The summed E-state index contributed by atoms with van der Waals surface area (Å²) < 4.78 is 0. The smallest absolute Gasteiger partial charge is 0.243 e. The van der Waals surface area contributed by atoms with Gasteiger partial charge in [-0.15, -0.1) is 0 Å². The highest BCUT2D eigenvalue weighted by molar-refractivity contribution is 6.35. The molecule has 6 heteroatoms. The monoisotopic (exact) mass is 498 g/mol. The van der Waals surface area contributed by atoms with E-state index in [1.807, 2.05) is 45.0 Å². The van der Waals surface area contributed by atoms with Crippen LogP contribution in [0.5, 0.6) is 0 Å². The van der Waals surface area contributed by atoms with Gasteiger partial charge in [-0.1, -0.05) is 85.6 Å². The maximum atomic E-state index is 13.6. The van der Waals surface area contributed by atoms with Crippen LogP contribution in [-0.4, -0.2) is 28.8 Å². The summed E-state index contributed by atoms with van der Waals surface area (Å²) in [7, 11) is 0. The Morgan fingerprint density at radius 1 is 0.941 bits per heavy atom. The maximum absolute atomic E-state index is 13.6. The van der Waals surface area contributed by atoms with E-state index in [9.17, 15) is 9.59 Å². The van der Waals surface area contributed by atoms with Gasteiger partial charge < -0.3 is 10.2 Å². The summed E-state index contributed by atoms with van der Waals surface area (Å²) in [5, 5.41) is 6.35. The van der Waals surface area contributed by atoms with E-state index < -0.39 is 6.04 Å². The zero-order valence-electron chi connectivity index (χ0n) is 20.0. The summed E-state index contributed by atoms with van der Waals surface area (Å²) in [5.74, 6) is -0.217. The molecule has 0 heterocycles.